The number of amides is 1. The molecule has 0 radical (unpaired) electrons. The number of ether oxygens (including phenoxy) is 2. The first-order chi connectivity index (χ1) is 9.21. The highest BCUT2D eigenvalue weighted by molar-refractivity contribution is 5.92. The summed E-state index contributed by atoms with van der Waals surface area (Å²) in [4.78, 5) is 11.8. The van der Waals surface area contributed by atoms with Gasteiger partial charge in [0.25, 0.3) is 0 Å². The molecule has 0 saturated heterocycles. The predicted molar refractivity (Wildman–Crippen MR) is 73.4 cm³/mol. The molecule has 104 valence electrons. The van der Waals surface area contributed by atoms with E-state index in [1.54, 1.807) is 20.3 Å². The van der Waals surface area contributed by atoms with Gasteiger partial charge < -0.3 is 20.1 Å². The topological polar surface area (TPSA) is 59.6 Å². The SMILES string of the molecule is COc1cccc(NC(=O)CNC2CC(OC)C2)c1. The minimum atomic E-state index is -0.0471. The van der Waals surface area contributed by atoms with E-state index in [9.17, 15) is 4.79 Å². The average Bonchev–Trinajstić information content (AvgIpc) is 2.37. The molecule has 0 atom stereocenters. The summed E-state index contributed by atoms with van der Waals surface area (Å²) in [6.07, 6.45) is 2.30. The first-order valence-electron chi connectivity index (χ1n) is 6.41. The third-order valence-corrected chi connectivity index (χ3v) is 3.33. The van der Waals surface area contributed by atoms with Crippen LogP contribution in [-0.2, 0) is 9.53 Å². The number of hydrogen-bond donors (Lipinski definition) is 2. The van der Waals surface area contributed by atoms with Crippen molar-refractivity contribution in [2.45, 2.75) is 25.0 Å². The molecule has 0 spiro atoms. The summed E-state index contributed by atoms with van der Waals surface area (Å²) in [7, 11) is 3.32. The van der Waals surface area contributed by atoms with Gasteiger partial charge in [-0.3, -0.25) is 4.79 Å². The Morgan fingerprint density at radius 2 is 2.16 bits per heavy atom. The second-order valence-electron chi connectivity index (χ2n) is 4.69. The maximum atomic E-state index is 11.8. The number of carbonyl (C=O) groups excluding carboxylic acids is 1. The van der Waals surface area contributed by atoms with Gasteiger partial charge in [-0.2, -0.15) is 0 Å². The fourth-order valence-electron chi connectivity index (χ4n) is 2.07. The van der Waals surface area contributed by atoms with Gasteiger partial charge in [-0.25, -0.2) is 0 Å². The van der Waals surface area contributed by atoms with Gasteiger partial charge in [0, 0.05) is 24.9 Å². The Hall–Kier alpha value is -1.59. The van der Waals surface area contributed by atoms with Crippen molar-refractivity contribution in [3.8, 4) is 5.75 Å². The number of nitrogens with one attached hydrogen (secondary N) is 2. The average molecular weight is 264 g/mol. The largest absolute Gasteiger partial charge is 0.497 e. The molecule has 1 aromatic carbocycles. The number of rotatable bonds is 6. The quantitative estimate of drug-likeness (QED) is 0.815. The van der Waals surface area contributed by atoms with Crippen LogP contribution >= 0.6 is 0 Å². The molecular weight excluding hydrogens is 244 g/mol. The lowest BCUT2D eigenvalue weighted by molar-refractivity contribution is -0.115. The van der Waals surface area contributed by atoms with Crippen LogP contribution < -0.4 is 15.4 Å². The van der Waals surface area contributed by atoms with E-state index in [0.717, 1.165) is 24.3 Å². The van der Waals surface area contributed by atoms with Crippen LogP contribution in [0.3, 0.4) is 0 Å². The first kappa shape index (κ1) is 13.8. The Balaban J connectivity index is 1.72. The van der Waals surface area contributed by atoms with E-state index in [-0.39, 0.29) is 5.91 Å². The van der Waals surface area contributed by atoms with Crippen molar-refractivity contribution in [2.75, 3.05) is 26.1 Å². The molecule has 1 aliphatic carbocycles. The summed E-state index contributed by atoms with van der Waals surface area (Å²) < 4.78 is 10.3. The molecule has 2 N–H and O–H groups in total. The number of hydrogen-bond acceptors (Lipinski definition) is 4. The number of methoxy groups -OCH3 is 2. The third-order valence-electron chi connectivity index (χ3n) is 3.33. The molecule has 1 fully saturated rings. The van der Waals surface area contributed by atoms with Crippen molar-refractivity contribution in [1.82, 2.24) is 5.32 Å². The number of benzene rings is 1. The zero-order chi connectivity index (χ0) is 13.7. The van der Waals surface area contributed by atoms with Crippen LogP contribution in [0.2, 0.25) is 0 Å². The fourth-order valence-corrected chi connectivity index (χ4v) is 2.07. The molecule has 1 aromatic rings. The molecule has 1 saturated carbocycles. The van der Waals surface area contributed by atoms with Crippen LogP contribution in [0.5, 0.6) is 5.75 Å². The van der Waals surface area contributed by atoms with Gasteiger partial charge in [0.15, 0.2) is 0 Å². The Morgan fingerprint density at radius 1 is 1.37 bits per heavy atom. The molecule has 19 heavy (non-hydrogen) atoms. The van der Waals surface area contributed by atoms with Crippen LogP contribution in [0.15, 0.2) is 24.3 Å². The lowest BCUT2D eigenvalue weighted by Gasteiger charge is -2.34. The molecule has 0 heterocycles. The van der Waals surface area contributed by atoms with Gasteiger partial charge in [-0.05, 0) is 25.0 Å². The van der Waals surface area contributed by atoms with E-state index < -0.39 is 0 Å². The van der Waals surface area contributed by atoms with Crippen LogP contribution in [0.25, 0.3) is 0 Å². The van der Waals surface area contributed by atoms with Gasteiger partial charge in [-0.1, -0.05) is 6.07 Å². The molecular formula is C14H20N2O3. The second-order valence-corrected chi connectivity index (χ2v) is 4.69. The van der Waals surface area contributed by atoms with E-state index >= 15 is 0 Å². The predicted octanol–water partition coefficient (Wildman–Crippen LogP) is 1.40. The summed E-state index contributed by atoms with van der Waals surface area (Å²) in [6.45, 7) is 0.318. The summed E-state index contributed by atoms with van der Waals surface area (Å²) in [6, 6.07) is 7.71. The van der Waals surface area contributed by atoms with Crippen LogP contribution in [0.1, 0.15) is 12.8 Å². The van der Waals surface area contributed by atoms with Crippen LogP contribution in [-0.4, -0.2) is 38.8 Å². The minimum Gasteiger partial charge on any atom is -0.497 e. The van der Waals surface area contributed by atoms with Crippen molar-refractivity contribution in [3.63, 3.8) is 0 Å². The maximum absolute atomic E-state index is 11.8. The summed E-state index contributed by atoms with van der Waals surface area (Å²) >= 11 is 0. The number of anilines is 1. The van der Waals surface area contributed by atoms with Crippen molar-refractivity contribution in [1.29, 1.82) is 0 Å². The molecule has 0 unspecified atom stereocenters. The smallest absolute Gasteiger partial charge is 0.238 e. The second kappa shape index (κ2) is 6.54. The van der Waals surface area contributed by atoms with Gasteiger partial charge in [0.05, 0.1) is 19.8 Å². The summed E-state index contributed by atoms with van der Waals surface area (Å²) in [5.74, 6) is 0.682. The van der Waals surface area contributed by atoms with Crippen molar-refractivity contribution >= 4 is 11.6 Å². The summed E-state index contributed by atoms with van der Waals surface area (Å²) in [5.41, 5.74) is 0.745. The highest BCUT2D eigenvalue weighted by Gasteiger charge is 2.28. The van der Waals surface area contributed by atoms with Gasteiger partial charge >= 0.3 is 0 Å². The standard InChI is InChI=1S/C14H20N2O3/c1-18-12-5-3-4-10(6-12)16-14(17)9-15-11-7-13(8-11)19-2/h3-6,11,13,15H,7-9H2,1-2H3,(H,16,17). The number of carbonyl (C=O) groups is 1. The molecule has 2 rings (SSSR count). The zero-order valence-corrected chi connectivity index (χ0v) is 11.3. The molecule has 0 aliphatic heterocycles. The van der Waals surface area contributed by atoms with E-state index in [0.29, 0.717) is 18.7 Å². The third kappa shape index (κ3) is 3.94. The lowest BCUT2D eigenvalue weighted by Crippen LogP contribution is -2.47. The fraction of sp³-hybridized carbons (Fsp3) is 0.500. The lowest BCUT2D eigenvalue weighted by atomic mass is 9.89. The molecule has 0 aromatic heterocycles. The van der Waals surface area contributed by atoms with E-state index in [2.05, 4.69) is 10.6 Å². The van der Waals surface area contributed by atoms with Crippen molar-refractivity contribution < 1.29 is 14.3 Å². The van der Waals surface area contributed by atoms with E-state index in [1.165, 1.54) is 0 Å². The highest BCUT2D eigenvalue weighted by Crippen LogP contribution is 2.22. The highest BCUT2D eigenvalue weighted by atomic mass is 16.5. The molecule has 1 aliphatic rings. The van der Waals surface area contributed by atoms with Gasteiger partial charge in [-0.15, -0.1) is 0 Å². The Labute approximate surface area is 113 Å². The van der Waals surface area contributed by atoms with E-state index in [1.807, 2.05) is 18.2 Å². The van der Waals surface area contributed by atoms with E-state index in [4.69, 9.17) is 9.47 Å². The van der Waals surface area contributed by atoms with Crippen LogP contribution in [0, 0.1) is 0 Å². The zero-order valence-electron chi connectivity index (χ0n) is 11.3. The molecule has 5 nitrogen and oxygen atoms in total. The first-order valence-corrected chi connectivity index (χ1v) is 6.41. The normalized spacial score (nSPS) is 21.6. The molecule has 0 bridgehead atoms. The van der Waals surface area contributed by atoms with Crippen molar-refractivity contribution in [2.24, 2.45) is 0 Å². The Morgan fingerprint density at radius 3 is 2.84 bits per heavy atom. The molecule has 5 heteroatoms. The van der Waals surface area contributed by atoms with Crippen LogP contribution in [0.4, 0.5) is 5.69 Å². The maximum Gasteiger partial charge on any atom is 0.238 e. The Kier molecular flexibility index (Phi) is 4.76. The minimum absolute atomic E-state index is 0.0471. The monoisotopic (exact) mass is 264 g/mol. The Bertz CT molecular complexity index is 430. The van der Waals surface area contributed by atoms with Crippen molar-refractivity contribution in [3.05, 3.63) is 24.3 Å². The van der Waals surface area contributed by atoms with Gasteiger partial charge in [0.1, 0.15) is 5.75 Å². The molecule has 1 amide bonds. The summed E-state index contributed by atoms with van der Waals surface area (Å²) in [5, 5.41) is 6.04. The van der Waals surface area contributed by atoms with Gasteiger partial charge in [0.2, 0.25) is 5.91 Å².